The Balaban J connectivity index is 0.000000276. The molecule has 0 amide bonds. The van der Waals surface area contributed by atoms with E-state index in [9.17, 15) is 52.7 Å². The van der Waals surface area contributed by atoms with Gasteiger partial charge in [0.25, 0.3) is 0 Å². The fourth-order valence-corrected chi connectivity index (χ4v) is 7.28. The Bertz CT molecular complexity index is 2720. The average molecular weight is 984 g/mol. The van der Waals surface area contributed by atoms with Crippen molar-refractivity contribution in [3.05, 3.63) is 201 Å². The minimum Gasteiger partial charge on any atom is -0.404 e. The average Bonchev–Trinajstić information content (AvgIpc) is 3.32. The molecule has 0 spiro atoms. The quantitative estimate of drug-likeness (QED) is 0.0474. The predicted molar refractivity (Wildman–Crippen MR) is 200 cm³/mol. The fourth-order valence-electron chi connectivity index (χ4n) is 7.28. The van der Waals surface area contributed by atoms with Crippen LogP contribution in [0.15, 0.2) is 73.2 Å². The topological polar surface area (TPSA) is 26.0 Å². The molecule has 1 heterocycles. The molecule has 0 aliphatic heterocycles. The van der Waals surface area contributed by atoms with Gasteiger partial charge in [-0.25, -0.2) is 92.8 Å². The summed E-state index contributed by atoms with van der Waals surface area (Å²) in [7, 11) is 0. The van der Waals surface area contributed by atoms with Crippen LogP contribution in [0.5, 0.6) is 11.6 Å². The van der Waals surface area contributed by atoms with Crippen LogP contribution in [0.4, 0.5) is 87.8 Å². The molecule has 3 nitrogen and oxygen atoms in total. The summed E-state index contributed by atoms with van der Waals surface area (Å²) in [5.41, 5.74) is -11.8. The van der Waals surface area contributed by atoms with Gasteiger partial charge in [-0.2, -0.15) is 4.57 Å². The number of benzene rings is 6. The second kappa shape index (κ2) is 19.2. The predicted octanol–water partition coefficient (Wildman–Crippen LogP) is 10.2. The zero-order valence-electron chi connectivity index (χ0n) is 33.7. The molecule has 7 aromatic rings. The van der Waals surface area contributed by atoms with Crippen LogP contribution in [0.25, 0.3) is 0 Å². The Morgan fingerprint density at radius 1 is 0.426 bits per heavy atom. The van der Waals surface area contributed by atoms with E-state index in [1.54, 1.807) is 12.4 Å². The Kier molecular flexibility index (Phi) is 14.2. The van der Waals surface area contributed by atoms with E-state index in [1.807, 2.05) is 36.5 Å². The maximum absolute atomic E-state index is 15.4. The summed E-state index contributed by atoms with van der Waals surface area (Å²) >= 11 is 0. The van der Waals surface area contributed by atoms with Crippen LogP contribution >= 0.6 is 0 Å². The zero-order chi connectivity index (χ0) is 50.4. The second-order valence-corrected chi connectivity index (χ2v) is 14.7. The van der Waals surface area contributed by atoms with Gasteiger partial charge in [0.2, 0.25) is 0 Å². The lowest BCUT2D eigenvalue weighted by molar-refractivity contribution is -0.692. The molecular weight excluding hydrogens is 963 g/mol. The fraction of sp³-hybridized carbons (Fsp3) is 0.0909. The smallest absolute Gasteiger partial charge is 0.392 e. The first-order chi connectivity index (χ1) is 31.9. The number of ether oxygens (including phenoxy) is 1. The number of rotatable bonds is 9. The van der Waals surface area contributed by atoms with Crippen molar-refractivity contribution in [2.75, 3.05) is 0 Å². The van der Waals surface area contributed by atoms with Gasteiger partial charge in [-0.1, -0.05) is 56.3 Å². The highest BCUT2D eigenvalue weighted by atomic mass is 19.2. The molecule has 0 fully saturated rings. The van der Waals surface area contributed by atoms with Crippen LogP contribution in [0.1, 0.15) is 30.9 Å². The highest BCUT2D eigenvalue weighted by Crippen LogP contribution is 2.31. The monoisotopic (exact) mass is 984 g/mol. The maximum Gasteiger partial charge on any atom is 0.392 e. The van der Waals surface area contributed by atoms with Crippen LogP contribution in [0.2, 0.25) is 0 Å². The number of aromatic nitrogens is 2. The highest BCUT2D eigenvalue weighted by molar-refractivity contribution is 7.20. The molecular formula is C44H21BF20N2O. The third-order valence-electron chi connectivity index (χ3n) is 10.5. The van der Waals surface area contributed by atoms with Crippen molar-refractivity contribution in [1.82, 2.24) is 4.98 Å². The summed E-state index contributed by atoms with van der Waals surface area (Å²) in [6.07, 6.45) is -1.76. The van der Waals surface area contributed by atoms with Gasteiger partial charge < -0.3 is 4.74 Å². The molecule has 1 aromatic heterocycles. The molecule has 0 radical (unpaired) electrons. The maximum atomic E-state index is 15.4. The molecule has 0 saturated heterocycles. The van der Waals surface area contributed by atoms with Crippen LogP contribution in [-0.4, -0.2) is 11.1 Å². The minimum absolute atomic E-state index is 0.519. The van der Waals surface area contributed by atoms with Crippen molar-refractivity contribution in [2.24, 2.45) is 0 Å². The van der Waals surface area contributed by atoms with E-state index in [-0.39, 0.29) is 0 Å². The van der Waals surface area contributed by atoms with Gasteiger partial charge in [0.1, 0.15) is 64.6 Å². The molecule has 0 bridgehead atoms. The number of halogens is 20. The number of nitrogens with zero attached hydrogens (tertiary/aromatic N) is 2. The second-order valence-electron chi connectivity index (χ2n) is 14.7. The normalized spacial score (nSPS) is 11.6. The SMILES string of the molecule is CC(C)c1ccc(Oc2cncc[n+]2Cc2ccccc2)cc1.Fc1c(F)c(F)c([B-](c2c(F)c(F)c(F)c(F)c2F)(c2c(F)c(F)c(F)c(F)c2F)c2c(F)c(F)c(F)c(F)c2F)c(F)c1F. The summed E-state index contributed by atoms with van der Waals surface area (Å²) < 4.78 is 302. The van der Waals surface area contributed by atoms with Gasteiger partial charge in [0, 0.05) is 5.56 Å². The first kappa shape index (κ1) is 50.3. The van der Waals surface area contributed by atoms with Crippen molar-refractivity contribution in [3.63, 3.8) is 0 Å². The van der Waals surface area contributed by atoms with Gasteiger partial charge in [-0.05, 0) is 23.6 Å². The summed E-state index contributed by atoms with van der Waals surface area (Å²) in [5, 5.41) is 0. The van der Waals surface area contributed by atoms with E-state index >= 15 is 35.1 Å². The summed E-state index contributed by atoms with van der Waals surface area (Å²) in [6.45, 7) is 5.12. The molecule has 6 aromatic carbocycles. The lowest BCUT2D eigenvalue weighted by Gasteiger charge is -2.44. The third-order valence-corrected chi connectivity index (χ3v) is 10.5. The molecule has 7 rings (SSSR count). The standard InChI is InChI=1S/C24BF20.C20H21N2O/c26-5-1(6(27)14(35)21(42)13(5)34)25(2-7(28)15(36)22(43)16(37)8(2)29,3-9(30)17(38)23(44)18(39)10(3)31)4-11(32)19(40)24(45)20(41)12(4)33;1-16(2)18-8-10-19(11-9-18)23-20-14-21-12-13-22(20)15-17-6-4-3-5-7-17/h;3-14,16H,15H2,1-2H3/q-1;+1. The molecule has 356 valence electrons. The molecule has 0 aliphatic rings. The molecule has 0 aliphatic carbocycles. The van der Waals surface area contributed by atoms with Crippen molar-refractivity contribution < 1.29 is 97.1 Å². The Hall–Kier alpha value is -7.14. The van der Waals surface area contributed by atoms with Gasteiger partial charge >= 0.3 is 5.88 Å². The van der Waals surface area contributed by atoms with Gasteiger partial charge in [-0.3, -0.25) is 0 Å². The third kappa shape index (κ3) is 8.33. The lowest BCUT2D eigenvalue weighted by Crippen LogP contribution is -2.81. The van der Waals surface area contributed by atoms with E-state index in [4.69, 9.17) is 4.74 Å². The molecule has 24 heteroatoms. The Morgan fingerprint density at radius 2 is 0.735 bits per heavy atom. The highest BCUT2D eigenvalue weighted by Gasteiger charge is 2.52. The Labute approximate surface area is 368 Å². The van der Waals surface area contributed by atoms with E-state index in [0.29, 0.717) is 5.92 Å². The number of hydrogen-bond acceptors (Lipinski definition) is 2. The molecule has 0 N–H and O–H groups in total. The van der Waals surface area contributed by atoms with E-state index in [0.717, 1.165) is 18.2 Å². The first-order valence-corrected chi connectivity index (χ1v) is 18.8. The van der Waals surface area contributed by atoms with Crippen molar-refractivity contribution in [2.45, 2.75) is 26.3 Å². The summed E-state index contributed by atoms with van der Waals surface area (Å²) in [5.74, 6) is -69.3. The first-order valence-electron chi connectivity index (χ1n) is 18.8. The Morgan fingerprint density at radius 3 is 1.04 bits per heavy atom. The molecule has 0 unspecified atom stereocenters. The molecule has 68 heavy (non-hydrogen) atoms. The van der Waals surface area contributed by atoms with Crippen LogP contribution in [0, 0.1) is 116 Å². The van der Waals surface area contributed by atoms with Crippen molar-refractivity contribution in [3.8, 4) is 11.6 Å². The van der Waals surface area contributed by atoms with Gasteiger partial charge in [-0.15, -0.1) is 21.9 Å². The van der Waals surface area contributed by atoms with E-state index < -0.39 is 144 Å². The van der Waals surface area contributed by atoms with Crippen LogP contribution < -0.4 is 31.2 Å². The van der Waals surface area contributed by atoms with Crippen molar-refractivity contribution in [1.29, 1.82) is 0 Å². The molecule has 0 atom stereocenters. The zero-order valence-corrected chi connectivity index (χ0v) is 33.7. The van der Waals surface area contributed by atoms with Gasteiger partial charge in [0.15, 0.2) is 82.5 Å². The van der Waals surface area contributed by atoms with Gasteiger partial charge in [0.05, 0.1) is 6.20 Å². The minimum atomic E-state index is -7.22. The van der Waals surface area contributed by atoms with Crippen molar-refractivity contribution >= 4 is 28.0 Å². The van der Waals surface area contributed by atoms with E-state index in [2.05, 4.69) is 47.7 Å². The summed E-state index contributed by atoms with van der Waals surface area (Å²) in [6, 6.07) is 18.6. The van der Waals surface area contributed by atoms with Crippen LogP contribution in [-0.2, 0) is 6.54 Å². The number of hydrogen-bond donors (Lipinski definition) is 0. The molecule has 0 saturated carbocycles. The largest absolute Gasteiger partial charge is 0.404 e. The summed E-state index contributed by atoms with van der Waals surface area (Å²) in [4.78, 5) is 4.18. The van der Waals surface area contributed by atoms with Crippen LogP contribution in [0.3, 0.4) is 0 Å². The van der Waals surface area contributed by atoms with E-state index in [1.165, 1.54) is 11.1 Å². The lowest BCUT2D eigenvalue weighted by atomic mass is 9.12.